The topological polar surface area (TPSA) is 69.4 Å². The highest BCUT2D eigenvalue weighted by Crippen LogP contribution is 2.25. The lowest BCUT2D eigenvalue weighted by atomic mass is 10.5. The molecule has 1 heterocycles. The molecule has 0 amide bonds. The molecule has 0 aliphatic heterocycles. The normalized spacial score (nSPS) is 11.1. The summed E-state index contributed by atoms with van der Waals surface area (Å²) in [5.74, 6) is -0.465. The number of nitrogens with zero attached hydrogens (tertiary/aromatic N) is 1. The predicted octanol–water partition coefficient (Wildman–Crippen LogP) is 2.65. The highest BCUT2D eigenvalue weighted by atomic mass is 32.1. The van der Waals surface area contributed by atoms with Gasteiger partial charge in [-0.3, -0.25) is 10.1 Å². The van der Waals surface area contributed by atoms with Crippen molar-refractivity contribution in [3.8, 4) is 0 Å². The van der Waals surface area contributed by atoms with Crippen LogP contribution < -0.4 is 0 Å². The van der Waals surface area contributed by atoms with Crippen LogP contribution in [0.25, 0.3) is 0 Å². The molecule has 0 saturated heterocycles. The summed E-state index contributed by atoms with van der Waals surface area (Å²) in [4.78, 5) is 21.7. The van der Waals surface area contributed by atoms with E-state index in [2.05, 4.69) is 0 Å². The average molecular weight is 245 g/mol. The summed E-state index contributed by atoms with van der Waals surface area (Å²) in [5, 5.41) is 10.4. The van der Waals surface area contributed by atoms with Crippen molar-refractivity contribution < 1.29 is 14.1 Å². The number of thiophene rings is 1. The predicted molar refractivity (Wildman–Crippen MR) is 59.7 cm³/mol. The lowest BCUT2D eigenvalue weighted by Crippen LogP contribution is -2.28. The molecular weight excluding hydrogens is 234 g/mol. The van der Waals surface area contributed by atoms with Crippen molar-refractivity contribution in [2.24, 2.45) is 0 Å². The van der Waals surface area contributed by atoms with Gasteiger partial charge in [-0.2, -0.15) is 0 Å². The van der Waals surface area contributed by atoms with Gasteiger partial charge in [-0.05, 0) is 25.7 Å². The first kappa shape index (κ1) is 11.9. The second-order valence-electron chi connectivity index (χ2n) is 3.90. The van der Waals surface area contributed by atoms with E-state index in [0.717, 1.165) is 11.3 Å². The van der Waals surface area contributed by atoms with E-state index in [1.165, 1.54) is 12.1 Å². The van der Waals surface area contributed by atoms with Crippen molar-refractivity contribution in [3.63, 3.8) is 0 Å². The molecule has 0 aliphatic rings. The van der Waals surface area contributed by atoms with Gasteiger partial charge in [0.15, 0.2) is 0 Å². The number of carbonyl (C=O) groups excluding carboxylic acids is 1. The summed E-state index contributed by atoms with van der Waals surface area (Å²) >= 11 is 0.838. The Hall–Kier alpha value is -1.21. The molecule has 0 fully saturated rings. The van der Waals surface area contributed by atoms with Crippen LogP contribution in [0.4, 0.5) is 5.00 Å². The van der Waals surface area contributed by atoms with E-state index in [9.17, 15) is 14.9 Å². The van der Waals surface area contributed by atoms with Gasteiger partial charge in [0.2, 0.25) is 8.32 Å². The van der Waals surface area contributed by atoms with Crippen LogP contribution in [0.15, 0.2) is 12.1 Å². The fourth-order valence-electron chi connectivity index (χ4n) is 0.864. The summed E-state index contributed by atoms with van der Waals surface area (Å²) in [5.41, 5.74) is 0. The molecule has 0 saturated carbocycles. The largest absolute Gasteiger partial charge is 0.516 e. The van der Waals surface area contributed by atoms with Gasteiger partial charge in [-0.15, -0.1) is 0 Å². The maximum Gasteiger partial charge on any atom is 0.335 e. The highest BCUT2D eigenvalue weighted by Gasteiger charge is 2.23. The van der Waals surface area contributed by atoms with Crippen molar-refractivity contribution in [2.45, 2.75) is 19.6 Å². The third-order valence-electron chi connectivity index (χ3n) is 1.37. The van der Waals surface area contributed by atoms with E-state index < -0.39 is 19.2 Å². The quantitative estimate of drug-likeness (QED) is 0.466. The van der Waals surface area contributed by atoms with E-state index in [0.29, 0.717) is 0 Å². The van der Waals surface area contributed by atoms with Crippen LogP contribution in [0.3, 0.4) is 0 Å². The fourth-order valence-corrected chi connectivity index (χ4v) is 2.30. The standard InChI is InChI=1S/C8H11NO4SSi/c1-15(2,3)13-8(10)6-4-5-7(14-6)9(11)12/h4-5H,1-3H3. The zero-order chi connectivity index (χ0) is 11.6. The van der Waals surface area contributed by atoms with Crippen LogP contribution >= 0.6 is 11.3 Å². The third-order valence-corrected chi connectivity index (χ3v) is 3.19. The van der Waals surface area contributed by atoms with Crippen molar-refractivity contribution in [2.75, 3.05) is 0 Å². The summed E-state index contributed by atoms with van der Waals surface area (Å²) in [6, 6.07) is 2.73. The van der Waals surface area contributed by atoms with Gasteiger partial charge in [0.1, 0.15) is 4.88 Å². The lowest BCUT2D eigenvalue weighted by Gasteiger charge is -2.16. The molecule has 0 bridgehead atoms. The molecule has 7 heteroatoms. The molecule has 0 aromatic carbocycles. The van der Waals surface area contributed by atoms with Crippen LogP contribution in [-0.2, 0) is 4.43 Å². The molecule has 0 spiro atoms. The van der Waals surface area contributed by atoms with Crippen molar-refractivity contribution in [1.82, 2.24) is 0 Å². The number of hydrogen-bond donors (Lipinski definition) is 0. The lowest BCUT2D eigenvalue weighted by molar-refractivity contribution is -0.380. The van der Waals surface area contributed by atoms with Gasteiger partial charge in [0.25, 0.3) is 0 Å². The summed E-state index contributed by atoms with van der Waals surface area (Å²) in [6.45, 7) is 5.65. The van der Waals surface area contributed by atoms with Crippen LogP contribution in [0, 0.1) is 10.1 Å². The monoisotopic (exact) mass is 245 g/mol. The summed E-state index contributed by atoms with van der Waals surface area (Å²) in [6.07, 6.45) is 0. The van der Waals surface area contributed by atoms with Crippen molar-refractivity contribution in [3.05, 3.63) is 27.1 Å². The maximum atomic E-state index is 11.5. The first-order valence-electron chi connectivity index (χ1n) is 4.27. The van der Waals surface area contributed by atoms with Gasteiger partial charge in [0, 0.05) is 6.07 Å². The van der Waals surface area contributed by atoms with E-state index >= 15 is 0 Å². The third kappa shape index (κ3) is 3.44. The van der Waals surface area contributed by atoms with Crippen LogP contribution in [0.5, 0.6) is 0 Å². The number of carbonyl (C=O) groups is 1. The van der Waals surface area contributed by atoms with Gasteiger partial charge >= 0.3 is 11.0 Å². The van der Waals surface area contributed by atoms with Crippen LogP contribution in [-0.4, -0.2) is 19.2 Å². The second kappa shape index (κ2) is 4.11. The molecule has 15 heavy (non-hydrogen) atoms. The number of nitro groups is 1. The van der Waals surface area contributed by atoms with E-state index in [1.54, 1.807) is 0 Å². The molecular formula is C8H11NO4SSi. The van der Waals surface area contributed by atoms with E-state index in [4.69, 9.17) is 4.43 Å². The molecule has 0 atom stereocenters. The molecule has 1 aromatic rings. The molecule has 5 nitrogen and oxygen atoms in total. The number of hydrogen-bond acceptors (Lipinski definition) is 5. The fraction of sp³-hybridized carbons (Fsp3) is 0.375. The number of rotatable bonds is 3. The maximum absolute atomic E-state index is 11.5. The van der Waals surface area contributed by atoms with E-state index in [1.807, 2.05) is 19.6 Å². The SMILES string of the molecule is C[Si](C)(C)OC(=O)c1ccc([N+](=O)[O-])s1. The molecule has 0 radical (unpaired) electrons. The van der Waals surface area contributed by atoms with E-state index in [-0.39, 0.29) is 9.88 Å². The van der Waals surface area contributed by atoms with Crippen molar-refractivity contribution in [1.29, 1.82) is 0 Å². The Bertz CT molecular complexity index is 396. The van der Waals surface area contributed by atoms with Gasteiger partial charge in [-0.25, -0.2) is 4.79 Å². The van der Waals surface area contributed by atoms with Gasteiger partial charge in [-0.1, -0.05) is 11.3 Å². The zero-order valence-corrected chi connectivity index (χ0v) is 10.5. The summed E-state index contributed by atoms with van der Waals surface area (Å²) in [7, 11) is -1.93. The molecule has 82 valence electrons. The Balaban J connectivity index is 2.79. The van der Waals surface area contributed by atoms with Gasteiger partial charge in [0.05, 0.1) is 4.92 Å². The second-order valence-corrected chi connectivity index (χ2v) is 9.39. The minimum Gasteiger partial charge on any atom is -0.516 e. The Morgan fingerprint density at radius 3 is 2.47 bits per heavy atom. The highest BCUT2D eigenvalue weighted by molar-refractivity contribution is 7.17. The Labute approximate surface area is 92.0 Å². The van der Waals surface area contributed by atoms with Gasteiger partial charge < -0.3 is 4.43 Å². The average Bonchev–Trinajstić information content (AvgIpc) is 2.47. The zero-order valence-electron chi connectivity index (χ0n) is 8.64. The Kier molecular flexibility index (Phi) is 3.25. The minimum atomic E-state index is -1.93. The van der Waals surface area contributed by atoms with Crippen LogP contribution in [0.1, 0.15) is 9.67 Å². The minimum absolute atomic E-state index is 0.0440. The molecule has 0 unspecified atom stereocenters. The van der Waals surface area contributed by atoms with Crippen molar-refractivity contribution >= 4 is 30.6 Å². The van der Waals surface area contributed by atoms with Crippen LogP contribution in [0.2, 0.25) is 19.6 Å². The molecule has 0 aliphatic carbocycles. The Morgan fingerprint density at radius 2 is 2.07 bits per heavy atom. The Morgan fingerprint density at radius 1 is 1.47 bits per heavy atom. The smallest absolute Gasteiger partial charge is 0.335 e. The first-order valence-corrected chi connectivity index (χ1v) is 8.49. The molecule has 1 aromatic heterocycles. The molecule has 0 N–H and O–H groups in total. The summed E-state index contributed by atoms with van der Waals surface area (Å²) < 4.78 is 5.20. The molecule has 1 rings (SSSR count). The first-order chi connectivity index (χ1) is 6.79.